The fraction of sp³-hybridized carbons (Fsp3) is 0.500. The number of benzene rings is 1. The Hall–Kier alpha value is -0.140. The highest BCUT2D eigenvalue weighted by Crippen LogP contribution is 2.34. The molecule has 0 amide bonds. The maximum atomic E-state index is 12.2. The van der Waals surface area contributed by atoms with Crippen molar-refractivity contribution < 1.29 is 13.2 Å². The molecule has 0 aromatic heterocycles. The molecule has 1 aliphatic rings. The number of ether oxygens (including phenoxy) is 1. The number of halogens is 2. The van der Waals surface area contributed by atoms with Crippen molar-refractivity contribution in [1.82, 2.24) is 4.72 Å². The van der Waals surface area contributed by atoms with Gasteiger partial charge in [0.15, 0.2) is 0 Å². The number of sulfonamides is 1. The molecule has 0 saturated heterocycles. The second-order valence-corrected chi connectivity index (χ2v) is 7.67. The zero-order valence-corrected chi connectivity index (χ0v) is 13.6. The molecule has 2 rings (SSSR count). The Morgan fingerprint density at radius 1 is 1.47 bits per heavy atom. The third kappa shape index (κ3) is 3.31. The first-order chi connectivity index (χ1) is 8.88. The molecule has 19 heavy (non-hydrogen) atoms. The second-order valence-electron chi connectivity index (χ2n) is 4.64. The molecule has 1 fully saturated rings. The lowest BCUT2D eigenvalue weighted by Crippen LogP contribution is -2.49. The average molecular weight is 369 g/mol. The summed E-state index contributed by atoms with van der Waals surface area (Å²) in [5.41, 5.74) is -0.337. The first-order valence-corrected chi connectivity index (χ1v) is 8.54. The van der Waals surface area contributed by atoms with Gasteiger partial charge in [0.1, 0.15) is 0 Å². The third-order valence-electron chi connectivity index (χ3n) is 3.48. The summed E-state index contributed by atoms with van der Waals surface area (Å²) in [6, 6.07) is 4.52. The lowest BCUT2D eigenvalue weighted by Gasteiger charge is -2.40. The Morgan fingerprint density at radius 3 is 2.63 bits per heavy atom. The van der Waals surface area contributed by atoms with Crippen molar-refractivity contribution in [3.63, 3.8) is 0 Å². The van der Waals surface area contributed by atoms with Gasteiger partial charge in [-0.2, -0.15) is 0 Å². The Balaban J connectivity index is 2.11. The highest BCUT2D eigenvalue weighted by atomic mass is 79.9. The van der Waals surface area contributed by atoms with Gasteiger partial charge in [-0.15, -0.1) is 0 Å². The normalized spacial score (nSPS) is 18.1. The predicted octanol–water partition coefficient (Wildman–Crippen LogP) is 2.95. The van der Waals surface area contributed by atoms with Crippen LogP contribution in [0.25, 0.3) is 0 Å². The van der Waals surface area contributed by atoms with Crippen molar-refractivity contribution in [3.05, 3.63) is 27.7 Å². The van der Waals surface area contributed by atoms with Gasteiger partial charge < -0.3 is 4.74 Å². The predicted molar refractivity (Wildman–Crippen MR) is 77.9 cm³/mol. The minimum absolute atomic E-state index is 0.189. The Bertz CT molecular complexity index is 567. The van der Waals surface area contributed by atoms with Crippen molar-refractivity contribution >= 4 is 37.6 Å². The van der Waals surface area contributed by atoms with Gasteiger partial charge in [-0.3, -0.25) is 0 Å². The lowest BCUT2D eigenvalue weighted by atomic mass is 9.80. The summed E-state index contributed by atoms with van der Waals surface area (Å²) < 4.78 is 32.9. The molecular weight excluding hydrogens is 354 g/mol. The number of nitrogens with one attached hydrogen (secondary N) is 1. The number of hydrogen-bond acceptors (Lipinski definition) is 3. The van der Waals surface area contributed by atoms with Crippen LogP contribution in [0.15, 0.2) is 27.6 Å². The summed E-state index contributed by atoms with van der Waals surface area (Å²) in [6.45, 7) is 0.298. The standard InChI is InChI=1S/C12H15BrClNO3S/c1-18-12(5-2-6-12)8-15-19(16,17)9-3-4-11(14)10(13)7-9/h3-4,7,15H,2,5-6,8H2,1H3. The van der Waals surface area contributed by atoms with E-state index < -0.39 is 10.0 Å². The summed E-state index contributed by atoms with van der Waals surface area (Å²) in [4.78, 5) is 0.189. The van der Waals surface area contributed by atoms with Crippen LogP contribution in [0.3, 0.4) is 0 Å². The topological polar surface area (TPSA) is 55.4 Å². The highest BCUT2D eigenvalue weighted by molar-refractivity contribution is 9.10. The van der Waals surface area contributed by atoms with E-state index in [1.807, 2.05) is 0 Å². The zero-order valence-electron chi connectivity index (χ0n) is 10.4. The fourth-order valence-electron chi connectivity index (χ4n) is 1.98. The third-order valence-corrected chi connectivity index (χ3v) is 6.10. The molecule has 0 unspecified atom stereocenters. The fourth-order valence-corrected chi connectivity index (χ4v) is 3.77. The van der Waals surface area contributed by atoms with E-state index in [9.17, 15) is 8.42 Å². The van der Waals surface area contributed by atoms with E-state index in [1.165, 1.54) is 12.1 Å². The largest absolute Gasteiger partial charge is 0.377 e. The van der Waals surface area contributed by atoms with Crippen molar-refractivity contribution in [2.45, 2.75) is 29.8 Å². The molecule has 0 heterocycles. The summed E-state index contributed by atoms with van der Waals surface area (Å²) in [7, 11) is -1.92. The maximum Gasteiger partial charge on any atom is 0.240 e. The van der Waals surface area contributed by atoms with Crippen LogP contribution in [0, 0.1) is 0 Å². The molecule has 0 radical (unpaired) electrons. The lowest BCUT2D eigenvalue weighted by molar-refractivity contribution is -0.0659. The molecular formula is C12H15BrClNO3S. The smallest absolute Gasteiger partial charge is 0.240 e. The van der Waals surface area contributed by atoms with Crippen LogP contribution in [0.1, 0.15) is 19.3 Å². The van der Waals surface area contributed by atoms with Gasteiger partial charge in [-0.1, -0.05) is 11.6 Å². The number of methoxy groups -OCH3 is 1. The highest BCUT2D eigenvalue weighted by Gasteiger charge is 2.38. The van der Waals surface area contributed by atoms with E-state index in [0.717, 1.165) is 19.3 Å². The zero-order chi connectivity index (χ0) is 14.1. The molecule has 1 saturated carbocycles. The van der Waals surface area contributed by atoms with E-state index in [2.05, 4.69) is 20.7 Å². The molecule has 0 bridgehead atoms. The van der Waals surface area contributed by atoms with Crippen LogP contribution in [0.5, 0.6) is 0 Å². The maximum absolute atomic E-state index is 12.2. The van der Waals surface area contributed by atoms with Crippen molar-refractivity contribution in [1.29, 1.82) is 0 Å². The van der Waals surface area contributed by atoms with Gasteiger partial charge in [0, 0.05) is 18.1 Å². The van der Waals surface area contributed by atoms with Gasteiger partial charge in [0.25, 0.3) is 0 Å². The van der Waals surface area contributed by atoms with Crippen molar-refractivity contribution in [3.8, 4) is 0 Å². The second kappa shape index (κ2) is 5.69. The summed E-state index contributed by atoms with van der Waals surface area (Å²) in [5.74, 6) is 0. The summed E-state index contributed by atoms with van der Waals surface area (Å²) >= 11 is 9.07. The average Bonchev–Trinajstić information content (AvgIpc) is 2.31. The first-order valence-electron chi connectivity index (χ1n) is 5.88. The van der Waals surface area contributed by atoms with E-state index in [-0.39, 0.29) is 10.5 Å². The SMILES string of the molecule is COC1(CNS(=O)(=O)c2ccc(Cl)c(Br)c2)CCC1. The van der Waals surface area contributed by atoms with Crippen LogP contribution in [0.2, 0.25) is 5.02 Å². The van der Waals surface area contributed by atoms with Crippen molar-refractivity contribution in [2.75, 3.05) is 13.7 Å². The van der Waals surface area contributed by atoms with Crippen LogP contribution in [-0.2, 0) is 14.8 Å². The minimum Gasteiger partial charge on any atom is -0.377 e. The number of rotatable bonds is 5. The molecule has 0 spiro atoms. The molecule has 0 atom stereocenters. The van der Waals surface area contributed by atoms with Crippen LogP contribution in [0.4, 0.5) is 0 Å². The van der Waals surface area contributed by atoms with E-state index in [4.69, 9.17) is 16.3 Å². The van der Waals surface area contributed by atoms with Crippen LogP contribution < -0.4 is 4.72 Å². The van der Waals surface area contributed by atoms with Gasteiger partial charge in [-0.25, -0.2) is 13.1 Å². The monoisotopic (exact) mass is 367 g/mol. The Kier molecular flexibility index (Phi) is 4.57. The first kappa shape index (κ1) is 15.3. The molecule has 7 heteroatoms. The molecule has 1 N–H and O–H groups in total. The van der Waals surface area contributed by atoms with Gasteiger partial charge in [-0.05, 0) is 53.4 Å². The van der Waals surface area contributed by atoms with Gasteiger partial charge in [0.2, 0.25) is 10.0 Å². The molecule has 0 aliphatic heterocycles. The van der Waals surface area contributed by atoms with Gasteiger partial charge >= 0.3 is 0 Å². The quantitative estimate of drug-likeness (QED) is 0.869. The van der Waals surface area contributed by atoms with E-state index in [1.54, 1.807) is 13.2 Å². The Morgan fingerprint density at radius 2 is 2.16 bits per heavy atom. The van der Waals surface area contributed by atoms with Crippen LogP contribution >= 0.6 is 27.5 Å². The minimum atomic E-state index is -3.54. The Labute approximate surface area is 126 Å². The molecule has 1 aromatic carbocycles. The van der Waals surface area contributed by atoms with E-state index in [0.29, 0.717) is 16.0 Å². The summed E-state index contributed by atoms with van der Waals surface area (Å²) in [5, 5.41) is 0.478. The van der Waals surface area contributed by atoms with Crippen molar-refractivity contribution in [2.24, 2.45) is 0 Å². The van der Waals surface area contributed by atoms with Gasteiger partial charge in [0.05, 0.1) is 15.5 Å². The number of hydrogen-bond donors (Lipinski definition) is 1. The van der Waals surface area contributed by atoms with Crippen LogP contribution in [-0.4, -0.2) is 27.7 Å². The summed E-state index contributed by atoms with van der Waals surface area (Å²) in [6.07, 6.45) is 2.84. The molecule has 4 nitrogen and oxygen atoms in total. The van der Waals surface area contributed by atoms with E-state index >= 15 is 0 Å². The molecule has 106 valence electrons. The molecule has 1 aromatic rings. The molecule has 1 aliphatic carbocycles.